The van der Waals surface area contributed by atoms with Crippen molar-refractivity contribution >= 4 is 12.0 Å². The van der Waals surface area contributed by atoms with Crippen LogP contribution < -0.4 is 5.73 Å². The third-order valence-corrected chi connectivity index (χ3v) is 4.54. The highest BCUT2D eigenvalue weighted by molar-refractivity contribution is 5.81. The van der Waals surface area contributed by atoms with Crippen molar-refractivity contribution < 1.29 is 14.3 Å². The highest BCUT2D eigenvalue weighted by Gasteiger charge is 2.27. The monoisotopic (exact) mass is 347 g/mol. The van der Waals surface area contributed by atoms with E-state index in [4.69, 9.17) is 10.5 Å². The van der Waals surface area contributed by atoms with E-state index >= 15 is 0 Å². The zero-order valence-corrected chi connectivity index (χ0v) is 15.2. The zero-order valence-electron chi connectivity index (χ0n) is 15.2. The van der Waals surface area contributed by atoms with Crippen molar-refractivity contribution in [1.29, 1.82) is 0 Å². The average molecular weight is 347 g/mol. The molecule has 1 saturated heterocycles. The summed E-state index contributed by atoms with van der Waals surface area (Å²) in [6.45, 7) is 6.54. The molecule has 6 nitrogen and oxygen atoms in total. The molecule has 1 aromatic carbocycles. The van der Waals surface area contributed by atoms with Crippen LogP contribution in [0.3, 0.4) is 0 Å². The van der Waals surface area contributed by atoms with Gasteiger partial charge in [0.05, 0.1) is 6.04 Å². The molecule has 0 saturated carbocycles. The van der Waals surface area contributed by atoms with E-state index in [9.17, 15) is 9.59 Å². The fourth-order valence-corrected chi connectivity index (χ4v) is 3.17. The minimum Gasteiger partial charge on any atom is -0.445 e. The van der Waals surface area contributed by atoms with Gasteiger partial charge in [-0.1, -0.05) is 30.3 Å². The molecule has 25 heavy (non-hydrogen) atoms. The van der Waals surface area contributed by atoms with Crippen LogP contribution in [-0.2, 0) is 16.1 Å². The van der Waals surface area contributed by atoms with Gasteiger partial charge < -0.3 is 20.3 Å². The first-order valence-corrected chi connectivity index (χ1v) is 9.01. The van der Waals surface area contributed by atoms with E-state index in [-0.39, 0.29) is 24.5 Å². The van der Waals surface area contributed by atoms with Gasteiger partial charge in [0, 0.05) is 26.2 Å². The Labute approximate surface area is 149 Å². The molecule has 0 bridgehead atoms. The van der Waals surface area contributed by atoms with Gasteiger partial charge >= 0.3 is 6.09 Å². The fourth-order valence-electron chi connectivity index (χ4n) is 3.17. The second-order valence-corrected chi connectivity index (χ2v) is 6.66. The largest absolute Gasteiger partial charge is 0.445 e. The number of hydrogen-bond donors (Lipinski definition) is 1. The van der Waals surface area contributed by atoms with E-state index in [1.54, 1.807) is 16.7 Å². The van der Waals surface area contributed by atoms with Crippen LogP contribution in [0.2, 0.25) is 0 Å². The highest BCUT2D eigenvalue weighted by Crippen LogP contribution is 2.19. The van der Waals surface area contributed by atoms with Gasteiger partial charge in [0.2, 0.25) is 5.91 Å². The summed E-state index contributed by atoms with van der Waals surface area (Å²) in [7, 11) is 0. The highest BCUT2D eigenvalue weighted by atomic mass is 16.6. The van der Waals surface area contributed by atoms with Gasteiger partial charge in [-0.2, -0.15) is 0 Å². The molecule has 1 aliphatic heterocycles. The van der Waals surface area contributed by atoms with Gasteiger partial charge in [-0.25, -0.2) is 4.79 Å². The molecule has 0 spiro atoms. The number of amides is 2. The molecule has 1 heterocycles. The number of carbonyl (C=O) groups excluding carboxylic acids is 2. The molecule has 0 aliphatic carbocycles. The molecule has 0 radical (unpaired) electrons. The number of rotatable bonds is 6. The minimum atomic E-state index is -0.490. The Kier molecular flexibility index (Phi) is 7.25. The molecule has 1 fully saturated rings. The second kappa shape index (κ2) is 9.42. The van der Waals surface area contributed by atoms with Crippen LogP contribution in [0.5, 0.6) is 0 Å². The number of nitrogens with two attached hydrogens (primary N) is 1. The van der Waals surface area contributed by atoms with Crippen molar-refractivity contribution in [2.75, 3.05) is 26.2 Å². The first-order chi connectivity index (χ1) is 12.0. The number of ether oxygens (including phenoxy) is 1. The molecule has 0 aromatic heterocycles. The lowest BCUT2D eigenvalue weighted by Crippen LogP contribution is -2.48. The quantitative estimate of drug-likeness (QED) is 0.856. The van der Waals surface area contributed by atoms with Gasteiger partial charge in [-0.15, -0.1) is 0 Å². The molecule has 1 aromatic rings. The van der Waals surface area contributed by atoms with Gasteiger partial charge in [0.1, 0.15) is 6.61 Å². The summed E-state index contributed by atoms with van der Waals surface area (Å²) in [4.78, 5) is 28.0. The van der Waals surface area contributed by atoms with Gasteiger partial charge in [0.15, 0.2) is 0 Å². The number of nitrogens with zero attached hydrogens (tertiary/aromatic N) is 2. The number of likely N-dealkylation sites (N-methyl/N-ethyl adjacent to an activating group) is 1. The van der Waals surface area contributed by atoms with Crippen molar-refractivity contribution in [2.24, 2.45) is 11.7 Å². The first kappa shape index (κ1) is 19.2. The van der Waals surface area contributed by atoms with E-state index < -0.39 is 6.04 Å². The van der Waals surface area contributed by atoms with Crippen LogP contribution in [0.4, 0.5) is 4.79 Å². The summed E-state index contributed by atoms with van der Waals surface area (Å²) in [5, 5.41) is 0. The molecule has 2 unspecified atom stereocenters. The van der Waals surface area contributed by atoms with Gasteiger partial charge in [-0.05, 0) is 38.2 Å². The SMILES string of the molecule is CCN(CC1CCCN(C(=O)OCc2ccccc2)C1)C(=O)C(C)N. The summed E-state index contributed by atoms with van der Waals surface area (Å²) in [6, 6.07) is 9.17. The maximum atomic E-state index is 12.3. The lowest BCUT2D eigenvalue weighted by atomic mass is 9.97. The van der Waals surface area contributed by atoms with Crippen molar-refractivity contribution in [3.8, 4) is 0 Å². The Balaban J connectivity index is 1.84. The molecular formula is C19H29N3O3. The number of piperidine rings is 1. The van der Waals surface area contributed by atoms with Crippen molar-refractivity contribution in [3.63, 3.8) is 0 Å². The van der Waals surface area contributed by atoms with Crippen LogP contribution in [0.15, 0.2) is 30.3 Å². The topological polar surface area (TPSA) is 75.9 Å². The third kappa shape index (κ3) is 5.74. The number of hydrogen-bond acceptors (Lipinski definition) is 4. The maximum Gasteiger partial charge on any atom is 0.410 e. The van der Waals surface area contributed by atoms with Crippen molar-refractivity contribution in [2.45, 2.75) is 39.3 Å². The van der Waals surface area contributed by atoms with E-state index in [1.807, 2.05) is 37.3 Å². The van der Waals surface area contributed by atoms with Crippen LogP contribution in [-0.4, -0.2) is 54.0 Å². The normalized spacial score (nSPS) is 18.5. The van der Waals surface area contributed by atoms with Crippen molar-refractivity contribution in [1.82, 2.24) is 9.80 Å². The number of benzene rings is 1. The zero-order chi connectivity index (χ0) is 18.2. The van der Waals surface area contributed by atoms with Crippen LogP contribution in [0.1, 0.15) is 32.3 Å². The Hall–Kier alpha value is -2.08. The van der Waals surface area contributed by atoms with E-state index in [0.29, 0.717) is 26.2 Å². The molecule has 6 heteroatoms. The summed E-state index contributed by atoms with van der Waals surface area (Å²) in [5.74, 6) is 0.229. The Bertz CT molecular complexity index is 562. The van der Waals surface area contributed by atoms with Crippen LogP contribution in [0, 0.1) is 5.92 Å². The van der Waals surface area contributed by atoms with Gasteiger partial charge in [0.25, 0.3) is 0 Å². The summed E-state index contributed by atoms with van der Waals surface area (Å²) >= 11 is 0. The lowest BCUT2D eigenvalue weighted by Gasteiger charge is -2.35. The summed E-state index contributed by atoms with van der Waals surface area (Å²) in [6.07, 6.45) is 1.65. The van der Waals surface area contributed by atoms with Crippen LogP contribution >= 0.6 is 0 Å². The molecule has 138 valence electrons. The van der Waals surface area contributed by atoms with E-state index in [1.165, 1.54) is 0 Å². The Morgan fingerprint density at radius 2 is 2.08 bits per heavy atom. The average Bonchev–Trinajstić information content (AvgIpc) is 2.64. The molecule has 2 atom stereocenters. The standard InChI is InChI=1S/C19H29N3O3/c1-3-21(18(23)15(2)20)12-17-10-7-11-22(13-17)19(24)25-14-16-8-5-4-6-9-16/h4-6,8-9,15,17H,3,7,10-14,20H2,1-2H3. The fraction of sp³-hybridized carbons (Fsp3) is 0.579. The van der Waals surface area contributed by atoms with Gasteiger partial charge in [-0.3, -0.25) is 4.79 Å². The molecule has 1 aliphatic rings. The van der Waals surface area contributed by atoms with E-state index in [0.717, 1.165) is 18.4 Å². The smallest absolute Gasteiger partial charge is 0.410 e. The number of carbonyl (C=O) groups is 2. The van der Waals surface area contributed by atoms with E-state index in [2.05, 4.69) is 0 Å². The Morgan fingerprint density at radius 1 is 1.36 bits per heavy atom. The third-order valence-electron chi connectivity index (χ3n) is 4.54. The Morgan fingerprint density at radius 3 is 2.72 bits per heavy atom. The summed E-state index contributed by atoms with van der Waals surface area (Å²) in [5.41, 5.74) is 6.69. The maximum absolute atomic E-state index is 12.3. The summed E-state index contributed by atoms with van der Waals surface area (Å²) < 4.78 is 5.42. The molecule has 2 N–H and O–H groups in total. The predicted octanol–water partition coefficient (Wildman–Crippen LogP) is 2.23. The minimum absolute atomic E-state index is 0.0359. The first-order valence-electron chi connectivity index (χ1n) is 9.01. The number of likely N-dealkylation sites (tertiary alicyclic amines) is 1. The molecule has 2 amide bonds. The lowest BCUT2D eigenvalue weighted by molar-refractivity contribution is -0.132. The molecular weight excluding hydrogens is 318 g/mol. The molecule has 2 rings (SSSR count). The van der Waals surface area contributed by atoms with Crippen LogP contribution in [0.25, 0.3) is 0 Å². The second-order valence-electron chi connectivity index (χ2n) is 6.66. The van der Waals surface area contributed by atoms with Crippen molar-refractivity contribution in [3.05, 3.63) is 35.9 Å². The predicted molar refractivity (Wildman–Crippen MR) is 96.8 cm³/mol.